The summed E-state index contributed by atoms with van der Waals surface area (Å²) in [6.45, 7) is 9.53. The van der Waals surface area contributed by atoms with E-state index in [1.54, 1.807) is 10.5 Å². The van der Waals surface area contributed by atoms with Crippen molar-refractivity contribution in [1.29, 1.82) is 0 Å². The topological polar surface area (TPSA) is 0 Å². The molecule has 0 radical (unpaired) electrons. The van der Waals surface area contributed by atoms with Gasteiger partial charge in [0, 0.05) is 5.25 Å². The number of thioether (sulfide) groups is 1. The van der Waals surface area contributed by atoms with E-state index in [4.69, 9.17) is 0 Å². The maximum atomic E-state index is 2.45. The molecular weight excluding hydrogens is 187 g/mol. The van der Waals surface area contributed by atoms with Gasteiger partial charge in [-0.05, 0) is 37.0 Å². The molecular formula is C12H21BS. The van der Waals surface area contributed by atoms with Gasteiger partial charge in [0.25, 0.3) is 0 Å². The lowest BCUT2D eigenvalue weighted by atomic mass is 9.56. The molecule has 0 amide bonds. The molecule has 2 rings (SSSR count). The zero-order valence-corrected chi connectivity index (χ0v) is 10.9. The molecule has 2 heteroatoms. The fraction of sp³-hybridized carbons (Fsp3) is 0.833. The molecule has 0 bridgehead atoms. The zero-order chi connectivity index (χ0) is 10.5. The van der Waals surface area contributed by atoms with Crippen molar-refractivity contribution in [3.63, 3.8) is 0 Å². The molecule has 1 saturated carbocycles. The van der Waals surface area contributed by atoms with Crippen LogP contribution in [0.2, 0.25) is 5.31 Å². The lowest BCUT2D eigenvalue weighted by Gasteiger charge is -2.42. The molecule has 2 aliphatic rings. The first kappa shape index (κ1) is 10.7. The smallest absolute Gasteiger partial charge is 0.109 e. The highest BCUT2D eigenvalue weighted by Gasteiger charge is 2.43. The normalized spacial score (nSPS) is 48.1. The summed E-state index contributed by atoms with van der Waals surface area (Å²) in [5.74, 6) is 1.77. The fourth-order valence-corrected chi connectivity index (χ4v) is 5.42. The minimum absolute atomic E-state index is 0.568. The van der Waals surface area contributed by atoms with E-state index in [9.17, 15) is 0 Å². The Morgan fingerprint density at radius 3 is 2.64 bits per heavy atom. The first-order valence-electron chi connectivity index (χ1n) is 5.75. The molecule has 0 aromatic carbocycles. The Hall–Kier alpha value is 0.155. The second kappa shape index (κ2) is 3.33. The van der Waals surface area contributed by atoms with Crippen molar-refractivity contribution < 1.29 is 0 Å². The van der Waals surface area contributed by atoms with Gasteiger partial charge in [0.15, 0.2) is 0 Å². The van der Waals surface area contributed by atoms with Crippen LogP contribution in [0.15, 0.2) is 10.5 Å². The Morgan fingerprint density at radius 1 is 1.36 bits per heavy atom. The Kier molecular flexibility index (Phi) is 2.54. The highest BCUT2D eigenvalue weighted by molar-refractivity contribution is 8.03. The van der Waals surface area contributed by atoms with Crippen molar-refractivity contribution in [2.45, 2.75) is 51.1 Å². The van der Waals surface area contributed by atoms with Gasteiger partial charge in [-0.1, -0.05) is 31.2 Å². The third-order valence-corrected chi connectivity index (χ3v) is 5.46. The quantitative estimate of drug-likeness (QED) is 0.550. The molecule has 0 saturated heterocycles. The largest absolute Gasteiger partial charge is 0.127 e. The van der Waals surface area contributed by atoms with Gasteiger partial charge < -0.3 is 0 Å². The highest BCUT2D eigenvalue weighted by Crippen LogP contribution is 2.56. The summed E-state index contributed by atoms with van der Waals surface area (Å²) in [4.78, 5) is 1.60. The van der Waals surface area contributed by atoms with Crippen molar-refractivity contribution in [1.82, 2.24) is 0 Å². The van der Waals surface area contributed by atoms with Crippen molar-refractivity contribution in [3.8, 4) is 0 Å². The van der Waals surface area contributed by atoms with Crippen LogP contribution in [0.4, 0.5) is 0 Å². The number of hydrogen-bond donors (Lipinski definition) is 0. The van der Waals surface area contributed by atoms with Crippen molar-refractivity contribution in [2.24, 2.45) is 11.8 Å². The average Bonchev–Trinajstić information content (AvgIpc) is 2.24. The van der Waals surface area contributed by atoms with E-state index in [2.05, 4.69) is 47.3 Å². The van der Waals surface area contributed by atoms with E-state index in [0.717, 1.165) is 17.1 Å². The summed E-state index contributed by atoms with van der Waals surface area (Å²) >= 11 is 2.14. The van der Waals surface area contributed by atoms with Crippen LogP contribution in [-0.2, 0) is 0 Å². The van der Waals surface area contributed by atoms with Crippen LogP contribution < -0.4 is 0 Å². The van der Waals surface area contributed by atoms with Crippen LogP contribution in [0.1, 0.15) is 40.5 Å². The Bertz CT molecular complexity index is 280. The van der Waals surface area contributed by atoms with Crippen molar-refractivity contribution in [3.05, 3.63) is 10.5 Å². The molecule has 4 unspecified atom stereocenters. The van der Waals surface area contributed by atoms with Gasteiger partial charge in [-0.15, -0.1) is 11.8 Å². The van der Waals surface area contributed by atoms with Crippen molar-refractivity contribution >= 4 is 19.6 Å². The van der Waals surface area contributed by atoms with Crippen LogP contribution in [0.25, 0.3) is 0 Å². The highest BCUT2D eigenvalue weighted by atomic mass is 32.2. The number of rotatable bonds is 0. The predicted octanol–water partition coefficient (Wildman–Crippen LogP) is 3.25. The molecule has 14 heavy (non-hydrogen) atoms. The van der Waals surface area contributed by atoms with Crippen LogP contribution in [0.3, 0.4) is 0 Å². The third-order valence-electron chi connectivity index (χ3n) is 4.03. The predicted molar refractivity (Wildman–Crippen MR) is 68.6 cm³/mol. The van der Waals surface area contributed by atoms with E-state index < -0.39 is 0 Å². The summed E-state index contributed by atoms with van der Waals surface area (Å²) < 4.78 is 0. The summed E-state index contributed by atoms with van der Waals surface area (Å²) in [6.07, 6.45) is 2.81. The first-order valence-corrected chi connectivity index (χ1v) is 6.63. The van der Waals surface area contributed by atoms with E-state index >= 15 is 0 Å². The van der Waals surface area contributed by atoms with E-state index in [0.29, 0.717) is 5.31 Å². The second-order valence-corrected chi connectivity index (χ2v) is 7.42. The van der Waals surface area contributed by atoms with Gasteiger partial charge in [-0.3, -0.25) is 0 Å². The van der Waals surface area contributed by atoms with Crippen LogP contribution in [-0.4, -0.2) is 13.1 Å². The van der Waals surface area contributed by atoms with Gasteiger partial charge in [0.1, 0.15) is 7.85 Å². The lowest BCUT2D eigenvalue weighted by Crippen LogP contribution is -2.34. The molecule has 0 spiro atoms. The fourth-order valence-electron chi connectivity index (χ4n) is 3.50. The summed E-state index contributed by atoms with van der Waals surface area (Å²) in [5, 5.41) is 1.45. The Labute approximate surface area is 93.3 Å². The Balaban J connectivity index is 2.23. The minimum atomic E-state index is 0.568. The van der Waals surface area contributed by atoms with Crippen LogP contribution >= 0.6 is 11.8 Å². The molecule has 1 aliphatic heterocycles. The maximum Gasteiger partial charge on any atom is 0.109 e. The number of fused-ring (bicyclic) bond motifs is 1. The Morgan fingerprint density at radius 2 is 2.00 bits per heavy atom. The zero-order valence-electron chi connectivity index (χ0n) is 10.1. The standard InChI is InChI=1S/C12H21BS/c1-7-5-12(4,13)6-10-11(7)8(2)9(3)14-10/h7,10-11H,5-6,13H2,1-4H3. The van der Waals surface area contributed by atoms with Gasteiger partial charge in [0.05, 0.1) is 0 Å². The van der Waals surface area contributed by atoms with Crippen molar-refractivity contribution in [2.75, 3.05) is 0 Å². The first-order chi connectivity index (χ1) is 6.41. The SMILES string of the molecule is BC1(C)CC(C)C2C(C)=C(C)SC2C1. The summed E-state index contributed by atoms with van der Waals surface area (Å²) in [5.41, 5.74) is 1.68. The number of hydrogen-bond acceptors (Lipinski definition) is 1. The van der Waals surface area contributed by atoms with E-state index in [-0.39, 0.29) is 0 Å². The average molecular weight is 208 g/mol. The summed E-state index contributed by atoms with van der Waals surface area (Å²) in [7, 11) is 2.43. The molecule has 0 nitrogen and oxygen atoms in total. The lowest BCUT2D eigenvalue weighted by molar-refractivity contribution is 0.257. The monoisotopic (exact) mass is 208 g/mol. The molecule has 0 N–H and O–H groups in total. The van der Waals surface area contributed by atoms with Crippen LogP contribution in [0.5, 0.6) is 0 Å². The van der Waals surface area contributed by atoms with Crippen LogP contribution in [0, 0.1) is 11.8 Å². The molecule has 78 valence electrons. The molecule has 1 aliphatic carbocycles. The maximum absolute atomic E-state index is 2.45. The van der Waals surface area contributed by atoms with Gasteiger partial charge >= 0.3 is 0 Å². The van der Waals surface area contributed by atoms with Gasteiger partial charge in [-0.25, -0.2) is 0 Å². The second-order valence-electron chi connectivity index (χ2n) is 5.97. The number of allylic oxidation sites excluding steroid dienone is 2. The van der Waals surface area contributed by atoms with Gasteiger partial charge in [0.2, 0.25) is 0 Å². The van der Waals surface area contributed by atoms with E-state index in [1.165, 1.54) is 12.8 Å². The minimum Gasteiger partial charge on any atom is -0.127 e. The summed E-state index contributed by atoms with van der Waals surface area (Å²) in [6, 6.07) is 0. The molecule has 1 fully saturated rings. The molecule has 1 heterocycles. The molecule has 0 aromatic heterocycles. The third kappa shape index (κ3) is 1.66. The van der Waals surface area contributed by atoms with Gasteiger partial charge in [-0.2, -0.15) is 0 Å². The van der Waals surface area contributed by atoms with E-state index in [1.807, 2.05) is 0 Å². The molecule has 4 atom stereocenters. The molecule has 0 aromatic rings.